The number of aromatic amines is 1. The van der Waals surface area contributed by atoms with Crippen LogP contribution in [-0.2, 0) is 0 Å². The lowest BCUT2D eigenvalue weighted by atomic mass is 10.1. The van der Waals surface area contributed by atoms with Crippen LogP contribution in [0.4, 0.5) is 11.8 Å². The van der Waals surface area contributed by atoms with Gasteiger partial charge in [-0.1, -0.05) is 17.7 Å². The average Bonchev–Trinajstić information content (AvgIpc) is 3.40. The second kappa shape index (κ2) is 7.78. The van der Waals surface area contributed by atoms with Gasteiger partial charge in [-0.05, 0) is 19.1 Å². The lowest BCUT2D eigenvalue weighted by Crippen LogP contribution is -2.54. The summed E-state index contributed by atoms with van der Waals surface area (Å²) in [4.78, 5) is 34.7. The Morgan fingerprint density at radius 1 is 1.13 bits per heavy atom. The van der Waals surface area contributed by atoms with Gasteiger partial charge >= 0.3 is 0 Å². The van der Waals surface area contributed by atoms with Gasteiger partial charge in [0.05, 0.1) is 18.5 Å². The number of aryl methyl sites for hydroxylation is 1. The van der Waals surface area contributed by atoms with Crippen molar-refractivity contribution in [2.24, 2.45) is 0 Å². The van der Waals surface area contributed by atoms with E-state index in [0.29, 0.717) is 37.6 Å². The minimum Gasteiger partial charge on any atom is -0.390 e. The van der Waals surface area contributed by atoms with E-state index in [9.17, 15) is 9.90 Å². The standard InChI is InChI=1S/C21H26N8O2/c1-13-2-4-14(5-3-13)20(31)28-8-6-27(7-9-28)15-10-29(11-16(15)30)19-17-18(24-12-23-17)25-21(22)26-19/h2-5,12,15-16,30H,6-11H2,1H3,(H3,22,23,24,25,26)/t15-,16-/m1/s1. The van der Waals surface area contributed by atoms with E-state index in [0.717, 1.165) is 29.7 Å². The van der Waals surface area contributed by atoms with Crippen LogP contribution < -0.4 is 10.6 Å². The second-order valence-corrected chi connectivity index (χ2v) is 8.24. The first-order valence-corrected chi connectivity index (χ1v) is 10.5. The van der Waals surface area contributed by atoms with Crippen molar-refractivity contribution in [1.29, 1.82) is 0 Å². The fraction of sp³-hybridized carbons (Fsp3) is 0.429. The number of nitrogens with two attached hydrogens (primary N) is 1. The molecular weight excluding hydrogens is 396 g/mol. The zero-order chi connectivity index (χ0) is 21.5. The van der Waals surface area contributed by atoms with Crippen molar-refractivity contribution in [3.63, 3.8) is 0 Å². The summed E-state index contributed by atoms with van der Waals surface area (Å²) in [6.07, 6.45) is 1.05. The number of rotatable bonds is 3. The van der Waals surface area contributed by atoms with Crippen molar-refractivity contribution in [1.82, 2.24) is 29.7 Å². The summed E-state index contributed by atoms with van der Waals surface area (Å²) in [6, 6.07) is 7.65. The van der Waals surface area contributed by atoms with Gasteiger partial charge in [-0.2, -0.15) is 9.97 Å². The fourth-order valence-electron chi connectivity index (χ4n) is 4.50. The minimum atomic E-state index is -0.520. The maximum Gasteiger partial charge on any atom is 0.253 e. The maximum absolute atomic E-state index is 12.8. The Morgan fingerprint density at radius 2 is 1.87 bits per heavy atom. The highest BCUT2D eigenvalue weighted by molar-refractivity contribution is 5.94. The highest BCUT2D eigenvalue weighted by atomic mass is 16.3. The summed E-state index contributed by atoms with van der Waals surface area (Å²) < 4.78 is 0. The van der Waals surface area contributed by atoms with E-state index in [1.807, 2.05) is 41.0 Å². The highest BCUT2D eigenvalue weighted by Crippen LogP contribution is 2.28. The van der Waals surface area contributed by atoms with Gasteiger partial charge in [-0.15, -0.1) is 0 Å². The monoisotopic (exact) mass is 422 g/mol. The zero-order valence-corrected chi connectivity index (χ0v) is 17.4. The van der Waals surface area contributed by atoms with Gasteiger partial charge in [0.15, 0.2) is 11.5 Å². The largest absolute Gasteiger partial charge is 0.390 e. The molecule has 0 spiro atoms. The smallest absolute Gasteiger partial charge is 0.253 e. The van der Waals surface area contributed by atoms with Crippen molar-refractivity contribution >= 4 is 28.8 Å². The molecule has 2 saturated heterocycles. The Hall–Kier alpha value is -3.24. The number of hydrogen-bond donors (Lipinski definition) is 3. The molecule has 0 aliphatic carbocycles. The Kier molecular flexibility index (Phi) is 4.95. The number of fused-ring (bicyclic) bond motifs is 1. The topological polar surface area (TPSA) is 128 Å². The molecule has 5 rings (SSSR count). The van der Waals surface area contributed by atoms with E-state index < -0.39 is 6.10 Å². The van der Waals surface area contributed by atoms with Gasteiger partial charge in [0, 0.05) is 44.8 Å². The summed E-state index contributed by atoms with van der Waals surface area (Å²) in [5.41, 5.74) is 8.94. The number of aromatic nitrogens is 4. The molecule has 10 nitrogen and oxygen atoms in total. The van der Waals surface area contributed by atoms with Crippen LogP contribution in [0.3, 0.4) is 0 Å². The van der Waals surface area contributed by atoms with Gasteiger partial charge in [0.1, 0.15) is 5.52 Å². The number of aliphatic hydroxyl groups excluding tert-OH is 1. The number of H-pyrrole nitrogens is 1. The van der Waals surface area contributed by atoms with Gasteiger partial charge < -0.3 is 25.6 Å². The number of nitrogens with one attached hydrogen (secondary N) is 1. The number of amides is 1. The molecule has 0 unspecified atom stereocenters. The van der Waals surface area contributed by atoms with Gasteiger partial charge in [-0.3, -0.25) is 9.69 Å². The van der Waals surface area contributed by atoms with Crippen molar-refractivity contribution in [2.45, 2.75) is 19.1 Å². The molecular formula is C21H26N8O2. The third kappa shape index (κ3) is 3.68. The first kappa shape index (κ1) is 19.7. The number of nitrogens with zero attached hydrogens (tertiary/aromatic N) is 6. The van der Waals surface area contributed by atoms with Crippen molar-refractivity contribution in [3.05, 3.63) is 41.7 Å². The first-order valence-electron chi connectivity index (χ1n) is 10.5. The van der Waals surface area contributed by atoms with E-state index in [-0.39, 0.29) is 17.9 Å². The van der Waals surface area contributed by atoms with Crippen LogP contribution in [0.15, 0.2) is 30.6 Å². The normalized spacial score (nSPS) is 22.4. The lowest BCUT2D eigenvalue weighted by molar-refractivity contribution is 0.0376. The minimum absolute atomic E-state index is 0.0363. The van der Waals surface area contributed by atoms with Crippen LogP contribution in [0.2, 0.25) is 0 Å². The van der Waals surface area contributed by atoms with Crippen molar-refractivity contribution in [3.8, 4) is 0 Å². The van der Waals surface area contributed by atoms with Crippen LogP contribution >= 0.6 is 0 Å². The summed E-state index contributed by atoms with van der Waals surface area (Å²) >= 11 is 0. The molecule has 1 amide bonds. The van der Waals surface area contributed by atoms with Crippen LogP contribution in [-0.4, -0.2) is 92.2 Å². The molecule has 2 aliphatic rings. The van der Waals surface area contributed by atoms with Crippen LogP contribution in [0.1, 0.15) is 15.9 Å². The molecule has 1 aromatic carbocycles. The molecule has 0 saturated carbocycles. The number of imidazole rings is 1. The van der Waals surface area contributed by atoms with Crippen molar-refractivity contribution in [2.75, 3.05) is 49.9 Å². The van der Waals surface area contributed by atoms with E-state index in [4.69, 9.17) is 5.73 Å². The van der Waals surface area contributed by atoms with Crippen LogP contribution in [0.25, 0.3) is 11.2 Å². The number of hydrogen-bond acceptors (Lipinski definition) is 8. The number of carbonyl (C=O) groups is 1. The Labute approximate surface area is 179 Å². The molecule has 0 radical (unpaired) electrons. The van der Waals surface area contributed by atoms with E-state index in [1.165, 1.54) is 0 Å². The Bertz CT molecular complexity index is 1090. The molecule has 4 N–H and O–H groups in total. The van der Waals surface area contributed by atoms with E-state index in [2.05, 4.69) is 24.8 Å². The van der Waals surface area contributed by atoms with E-state index in [1.54, 1.807) is 6.33 Å². The third-order valence-electron chi connectivity index (χ3n) is 6.21. The molecule has 2 atom stereocenters. The van der Waals surface area contributed by atoms with Gasteiger partial charge in [0.25, 0.3) is 5.91 Å². The number of β-amino-alcohol motifs (C(OH)–C–C–N with tert-alkyl or cyclic N) is 1. The molecule has 31 heavy (non-hydrogen) atoms. The average molecular weight is 422 g/mol. The number of nitrogen functional groups attached to an aromatic ring is 1. The predicted octanol–water partition coefficient (Wildman–Crippen LogP) is 0.251. The van der Waals surface area contributed by atoms with Crippen LogP contribution in [0.5, 0.6) is 0 Å². The zero-order valence-electron chi connectivity index (χ0n) is 17.4. The number of piperazine rings is 1. The summed E-state index contributed by atoms with van der Waals surface area (Å²) in [6.45, 7) is 5.81. The summed E-state index contributed by atoms with van der Waals surface area (Å²) in [7, 11) is 0. The Balaban J connectivity index is 1.25. The molecule has 10 heteroatoms. The van der Waals surface area contributed by atoms with Gasteiger partial charge in [-0.25, -0.2) is 4.98 Å². The number of benzene rings is 1. The third-order valence-corrected chi connectivity index (χ3v) is 6.21. The quantitative estimate of drug-likeness (QED) is 0.548. The predicted molar refractivity (Wildman–Crippen MR) is 117 cm³/mol. The molecule has 4 heterocycles. The van der Waals surface area contributed by atoms with Gasteiger partial charge in [0.2, 0.25) is 5.95 Å². The Morgan fingerprint density at radius 3 is 2.61 bits per heavy atom. The second-order valence-electron chi connectivity index (χ2n) is 8.24. The molecule has 3 aromatic rings. The maximum atomic E-state index is 12.8. The number of carbonyl (C=O) groups excluding carboxylic acids is 1. The summed E-state index contributed by atoms with van der Waals surface area (Å²) in [5, 5.41) is 10.8. The molecule has 0 bridgehead atoms. The molecule has 2 aromatic heterocycles. The molecule has 2 aliphatic heterocycles. The molecule has 162 valence electrons. The first-order chi connectivity index (χ1) is 15.0. The SMILES string of the molecule is Cc1ccc(C(=O)N2CCN([C@@H]3CN(c4nc(N)nc5nc[nH]c45)C[C@H]3O)CC2)cc1. The van der Waals surface area contributed by atoms with E-state index >= 15 is 0 Å². The number of aliphatic hydroxyl groups is 1. The summed E-state index contributed by atoms with van der Waals surface area (Å²) in [5.74, 6) is 0.886. The van der Waals surface area contributed by atoms with Crippen LogP contribution in [0, 0.1) is 6.92 Å². The van der Waals surface area contributed by atoms with Crippen molar-refractivity contribution < 1.29 is 9.90 Å². The fourth-order valence-corrected chi connectivity index (χ4v) is 4.50. The highest BCUT2D eigenvalue weighted by Gasteiger charge is 2.38. The lowest BCUT2D eigenvalue weighted by Gasteiger charge is -2.38. The molecule has 2 fully saturated rings. The number of anilines is 2.